The summed E-state index contributed by atoms with van der Waals surface area (Å²) in [4.78, 5) is 0. The molecule has 0 aromatic carbocycles. The first-order valence-corrected chi connectivity index (χ1v) is 5.21. The maximum Gasteiger partial charge on any atom is 0.0562 e. The van der Waals surface area contributed by atoms with Crippen LogP contribution in [0.15, 0.2) is 0 Å². The van der Waals surface area contributed by atoms with Gasteiger partial charge in [0.2, 0.25) is 0 Å². The van der Waals surface area contributed by atoms with E-state index in [0.717, 1.165) is 38.5 Å². The second-order valence-corrected chi connectivity index (χ2v) is 3.45. The predicted molar refractivity (Wildman–Crippen MR) is 52.5 cm³/mol. The molecule has 1 unspecified atom stereocenters. The van der Waals surface area contributed by atoms with E-state index < -0.39 is 0 Å². The summed E-state index contributed by atoms with van der Waals surface area (Å²) < 4.78 is 0. The number of rotatable bonds is 9. The predicted octanol–water partition coefficient (Wildman–Crippen LogP) is 1.06. The van der Waals surface area contributed by atoms with E-state index in [0.29, 0.717) is 6.42 Å². The summed E-state index contributed by atoms with van der Waals surface area (Å²) in [5.74, 6) is 0. The largest absolute Gasteiger partial charge is 0.396 e. The van der Waals surface area contributed by atoms with Crippen molar-refractivity contribution in [2.24, 2.45) is 0 Å². The van der Waals surface area contributed by atoms with Gasteiger partial charge >= 0.3 is 0 Å². The number of hydrogen-bond donors (Lipinski definition) is 3. The fourth-order valence-electron chi connectivity index (χ4n) is 1.32. The molecule has 1 atom stereocenters. The minimum Gasteiger partial charge on any atom is -0.396 e. The van der Waals surface area contributed by atoms with Crippen LogP contribution >= 0.6 is 0 Å². The van der Waals surface area contributed by atoms with Crippen LogP contribution < -0.4 is 0 Å². The molecule has 0 saturated carbocycles. The van der Waals surface area contributed by atoms with Crippen molar-refractivity contribution >= 4 is 0 Å². The molecular formula is C10H22O3. The van der Waals surface area contributed by atoms with Crippen molar-refractivity contribution in [2.75, 3.05) is 13.2 Å². The third kappa shape index (κ3) is 9.80. The van der Waals surface area contributed by atoms with Crippen molar-refractivity contribution in [3.8, 4) is 0 Å². The van der Waals surface area contributed by atoms with Gasteiger partial charge in [-0.3, -0.25) is 0 Å². The third-order valence-corrected chi connectivity index (χ3v) is 2.16. The van der Waals surface area contributed by atoms with Gasteiger partial charge < -0.3 is 15.3 Å². The van der Waals surface area contributed by atoms with Gasteiger partial charge in [-0.1, -0.05) is 25.7 Å². The molecule has 3 N–H and O–H groups in total. The Balaban J connectivity index is 2.97. The van der Waals surface area contributed by atoms with Gasteiger partial charge in [0, 0.05) is 13.2 Å². The summed E-state index contributed by atoms with van der Waals surface area (Å²) >= 11 is 0. The summed E-state index contributed by atoms with van der Waals surface area (Å²) in [5, 5.41) is 26.3. The molecule has 0 heterocycles. The Bertz CT molecular complexity index is 96.2. The molecule has 0 bridgehead atoms. The molecule has 0 aliphatic heterocycles. The number of aliphatic hydroxyl groups is 3. The van der Waals surface area contributed by atoms with E-state index in [2.05, 4.69) is 0 Å². The molecule has 0 rings (SSSR count). The van der Waals surface area contributed by atoms with Crippen molar-refractivity contribution in [3.05, 3.63) is 0 Å². The fourth-order valence-corrected chi connectivity index (χ4v) is 1.32. The lowest BCUT2D eigenvalue weighted by molar-refractivity contribution is 0.122. The average molecular weight is 190 g/mol. The van der Waals surface area contributed by atoms with Crippen molar-refractivity contribution < 1.29 is 15.3 Å². The van der Waals surface area contributed by atoms with Crippen LogP contribution in [-0.4, -0.2) is 34.6 Å². The first-order chi connectivity index (χ1) is 6.31. The quantitative estimate of drug-likeness (QED) is 0.476. The van der Waals surface area contributed by atoms with E-state index in [-0.39, 0.29) is 19.3 Å². The highest BCUT2D eigenvalue weighted by molar-refractivity contribution is 4.55. The molecule has 0 aromatic heterocycles. The zero-order valence-corrected chi connectivity index (χ0v) is 8.28. The lowest BCUT2D eigenvalue weighted by Gasteiger charge is -2.07. The highest BCUT2D eigenvalue weighted by Gasteiger charge is 2.01. The van der Waals surface area contributed by atoms with Gasteiger partial charge in [-0.2, -0.15) is 0 Å². The third-order valence-electron chi connectivity index (χ3n) is 2.16. The minimum atomic E-state index is -0.331. The fraction of sp³-hybridized carbons (Fsp3) is 1.00. The first-order valence-electron chi connectivity index (χ1n) is 5.21. The monoisotopic (exact) mass is 190 g/mol. The number of unbranched alkanes of at least 4 members (excludes halogenated alkanes) is 4. The summed E-state index contributed by atoms with van der Waals surface area (Å²) in [7, 11) is 0. The Labute approximate surface area is 80.4 Å². The zero-order valence-electron chi connectivity index (χ0n) is 8.28. The minimum absolute atomic E-state index is 0.0751. The molecule has 0 saturated heterocycles. The smallest absolute Gasteiger partial charge is 0.0562 e. The first kappa shape index (κ1) is 12.9. The Morgan fingerprint density at radius 3 is 1.92 bits per heavy atom. The lowest BCUT2D eigenvalue weighted by Crippen LogP contribution is -2.08. The molecule has 0 aromatic rings. The summed E-state index contributed by atoms with van der Waals surface area (Å²) in [6, 6.07) is 0. The molecule has 80 valence electrons. The SMILES string of the molecule is OCCCCCCCC(O)CCO. The molecule has 13 heavy (non-hydrogen) atoms. The van der Waals surface area contributed by atoms with E-state index >= 15 is 0 Å². The molecule has 0 aliphatic rings. The van der Waals surface area contributed by atoms with Gasteiger partial charge in [-0.15, -0.1) is 0 Å². The highest BCUT2D eigenvalue weighted by atomic mass is 16.3. The molecular weight excluding hydrogens is 168 g/mol. The van der Waals surface area contributed by atoms with Crippen LogP contribution in [0.1, 0.15) is 44.9 Å². The van der Waals surface area contributed by atoms with Crippen molar-refractivity contribution in [3.63, 3.8) is 0 Å². The molecule has 0 aliphatic carbocycles. The molecule has 0 amide bonds. The van der Waals surface area contributed by atoms with Crippen LogP contribution in [0.4, 0.5) is 0 Å². The second kappa shape index (κ2) is 9.96. The number of aliphatic hydroxyl groups excluding tert-OH is 3. The maximum atomic E-state index is 9.25. The Kier molecular flexibility index (Phi) is 9.87. The van der Waals surface area contributed by atoms with Gasteiger partial charge in [0.15, 0.2) is 0 Å². The van der Waals surface area contributed by atoms with Crippen LogP contribution in [0.5, 0.6) is 0 Å². The Morgan fingerprint density at radius 2 is 1.31 bits per heavy atom. The summed E-state index contributed by atoms with van der Waals surface area (Å²) in [6.07, 6.45) is 6.19. The van der Waals surface area contributed by atoms with E-state index in [1.54, 1.807) is 0 Å². The van der Waals surface area contributed by atoms with Crippen LogP contribution in [0, 0.1) is 0 Å². The Hall–Kier alpha value is -0.120. The van der Waals surface area contributed by atoms with Crippen molar-refractivity contribution in [1.82, 2.24) is 0 Å². The van der Waals surface area contributed by atoms with Gasteiger partial charge in [-0.25, -0.2) is 0 Å². The van der Waals surface area contributed by atoms with E-state index in [9.17, 15) is 5.11 Å². The summed E-state index contributed by atoms with van der Waals surface area (Å²) in [6.45, 7) is 0.360. The maximum absolute atomic E-state index is 9.25. The molecule has 0 spiro atoms. The molecule has 0 radical (unpaired) electrons. The van der Waals surface area contributed by atoms with Crippen LogP contribution in [0.2, 0.25) is 0 Å². The van der Waals surface area contributed by atoms with E-state index in [4.69, 9.17) is 10.2 Å². The van der Waals surface area contributed by atoms with Gasteiger partial charge in [-0.05, 0) is 19.3 Å². The van der Waals surface area contributed by atoms with Crippen LogP contribution in [-0.2, 0) is 0 Å². The Morgan fingerprint density at radius 1 is 0.692 bits per heavy atom. The summed E-state index contributed by atoms with van der Waals surface area (Å²) in [5.41, 5.74) is 0. The molecule has 3 nitrogen and oxygen atoms in total. The second-order valence-electron chi connectivity index (χ2n) is 3.45. The average Bonchev–Trinajstić information content (AvgIpc) is 2.11. The highest BCUT2D eigenvalue weighted by Crippen LogP contribution is 2.08. The van der Waals surface area contributed by atoms with E-state index in [1.807, 2.05) is 0 Å². The van der Waals surface area contributed by atoms with Crippen LogP contribution in [0.25, 0.3) is 0 Å². The van der Waals surface area contributed by atoms with E-state index in [1.165, 1.54) is 0 Å². The molecule has 0 fully saturated rings. The van der Waals surface area contributed by atoms with Crippen LogP contribution in [0.3, 0.4) is 0 Å². The zero-order chi connectivity index (χ0) is 9.94. The topological polar surface area (TPSA) is 60.7 Å². The lowest BCUT2D eigenvalue weighted by atomic mass is 10.1. The number of hydrogen-bond acceptors (Lipinski definition) is 3. The standard InChI is InChI=1S/C10H22O3/c11-8-5-3-1-2-4-6-10(13)7-9-12/h10-13H,1-9H2. The van der Waals surface area contributed by atoms with Gasteiger partial charge in [0.05, 0.1) is 6.10 Å². The molecule has 3 heteroatoms. The van der Waals surface area contributed by atoms with Gasteiger partial charge in [0.25, 0.3) is 0 Å². The van der Waals surface area contributed by atoms with Crippen molar-refractivity contribution in [2.45, 2.75) is 51.0 Å². The van der Waals surface area contributed by atoms with Crippen molar-refractivity contribution in [1.29, 1.82) is 0 Å². The normalized spacial score (nSPS) is 13.2. The van der Waals surface area contributed by atoms with Gasteiger partial charge in [0.1, 0.15) is 0 Å².